The van der Waals surface area contributed by atoms with Gasteiger partial charge in [0, 0.05) is 25.9 Å². The van der Waals surface area contributed by atoms with Crippen molar-refractivity contribution in [2.45, 2.75) is 78.6 Å². The lowest BCUT2D eigenvalue weighted by molar-refractivity contribution is -0.144. The fraction of sp³-hybridized carbons (Fsp3) is 0.594. The standard InChI is InChI=1S/C32H46N4O8S/c1-6-44-27(39)12-14-43-16-15-42-13-11-26(38)35-29(32(3,4)5)31(41)36-19-24(37)17-25(36)30(40)33-18-22-7-9-23(10-8-22)28-21(2)34-20-45-28/h7-10,20,24-25,29,37H,6,11-19H2,1-5H3,(H,33,40)(H,35,38)/t24-,25+,29-/m1/s1. The minimum Gasteiger partial charge on any atom is -0.466 e. The number of hydrogen-bond acceptors (Lipinski definition) is 10. The normalized spacial score (nSPS) is 17.2. The fourth-order valence-corrected chi connectivity index (χ4v) is 5.70. The van der Waals surface area contributed by atoms with Crippen LogP contribution in [0.25, 0.3) is 10.4 Å². The number of rotatable bonds is 16. The Morgan fingerprint density at radius 2 is 1.73 bits per heavy atom. The molecular weight excluding hydrogens is 600 g/mol. The van der Waals surface area contributed by atoms with Crippen LogP contribution in [-0.2, 0) is 39.9 Å². The van der Waals surface area contributed by atoms with Gasteiger partial charge in [0.05, 0.1) is 61.6 Å². The van der Waals surface area contributed by atoms with Gasteiger partial charge in [-0.15, -0.1) is 11.3 Å². The maximum absolute atomic E-state index is 13.7. The molecule has 0 unspecified atom stereocenters. The van der Waals surface area contributed by atoms with Crippen LogP contribution in [0.5, 0.6) is 0 Å². The van der Waals surface area contributed by atoms with Crippen LogP contribution in [-0.4, -0.2) is 96.4 Å². The van der Waals surface area contributed by atoms with Crippen molar-refractivity contribution >= 4 is 35.0 Å². The molecule has 2 aromatic rings. The number of β-amino-alcohol motifs (C(OH)–C–C–N with tert-alkyl or cyclic N) is 1. The Morgan fingerprint density at radius 3 is 2.33 bits per heavy atom. The van der Waals surface area contributed by atoms with Crippen LogP contribution in [0, 0.1) is 12.3 Å². The van der Waals surface area contributed by atoms with E-state index in [-0.39, 0.29) is 76.6 Å². The number of aromatic nitrogens is 1. The Balaban J connectivity index is 1.49. The number of benzene rings is 1. The Labute approximate surface area is 268 Å². The number of esters is 1. The van der Waals surface area contributed by atoms with Gasteiger partial charge >= 0.3 is 5.97 Å². The van der Waals surface area contributed by atoms with E-state index in [9.17, 15) is 24.3 Å². The molecular formula is C32H46N4O8S. The smallest absolute Gasteiger partial charge is 0.308 e. The molecule has 3 atom stereocenters. The molecule has 1 aliphatic heterocycles. The van der Waals surface area contributed by atoms with E-state index in [0.29, 0.717) is 6.61 Å². The zero-order chi connectivity index (χ0) is 33.0. The van der Waals surface area contributed by atoms with Crippen molar-refractivity contribution in [1.29, 1.82) is 0 Å². The molecule has 0 spiro atoms. The molecule has 1 aromatic carbocycles. The Hall–Kier alpha value is -3.39. The van der Waals surface area contributed by atoms with E-state index in [1.54, 1.807) is 18.3 Å². The first kappa shape index (κ1) is 36.1. The first-order chi connectivity index (χ1) is 21.4. The number of thiazole rings is 1. The van der Waals surface area contributed by atoms with Gasteiger partial charge in [-0.2, -0.15) is 0 Å². The summed E-state index contributed by atoms with van der Waals surface area (Å²) in [7, 11) is 0. The van der Waals surface area contributed by atoms with E-state index in [1.807, 2.05) is 57.5 Å². The third-order valence-electron chi connectivity index (χ3n) is 7.31. The quantitative estimate of drug-likeness (QED) is 0.184. The first-order valence-electron chi connectivity index (χ1n) is 15.3. The third-order valence-corrected chi connectivity index (χ3v) is 8.29. The van der Waals surface area contributed by atoms with Gasteiger partial charge in [0.15, 0.2) is 0 Å². The molecule has 12 nitrogen and oxygen atoms in total. The maximum Gasteiger partial charge on any atom is 0.308 e. The molecule has 3 N–H and O–H groups in total. The summed E-state index contributed by atoms with van der Waals surface area (Å²) in [4.78, 5) is 57.8. The van der Waals surface area contributed by atoms with E-state index in [1.165, 1.54) is 4.90 Å². The lowest BCUT2D eigenvalue weighted by Crippen LogP contribution is -2.57. The Kier molecular flexibility index (Phi) is 13.9. The highest BCUT2D eigenvalue weighted by Gasteiger charge is 2.44. The van der Waals surface area contributed by atoms with Gasteiger partial charge in [-0.1, -0.05) is 45.0 Å². The highest BCUT2D eigenvalue weighted by molar-refractivity contribution is 7.13. The number of aliphatic hydroxyl groups excluding tert-OH is 1. The fourth-order valence-electron chi connectivity index (χ4n) is 4.89. The van der Waals surface area contributed by atoms with Crippen molar-refractivity contribution < 1.29 is 38.5 Å². The van der Waals surface area contributed by atoms with Gasteiger partial charge in [0.1, 0.15) is 12.1 Å². The van der Waals surface area contributed by atoms with Crippen molar-refractivity contribution in [1.82, 2.24) is 20.5 Å². The van der Waals surface area contributed by atoms with Gasteiger partial charge in [-0.05, 0) is 30.4 Å². The summed E-state index contributed by atoms with van der Waals surface area (Å²) in [6.07, 6.45) is -0.550. The van der Waals surface area contributed by atoms with Gasteiger partial charge in [0.25, 0.3) is 0 Å². The monoisotopic (exact) mass is 646 g/mol. The van der Waals surface area contributed by atoms with Crippen LogP contribution in [0.4, 0.5) is 0 Å². The number of carbonyl (C=O) groups is 4. The number of likely N-dealkylation sites (tertiary alicyclic amines) is 1. The molecule has 1 aromatic heterocycles. The topological polar surface area (TPSA) is 156 Å². The molecule has 1 saturated heterocycles. The minimum absolute atomic E-state index is 0.00153. The summed E-state index contributed by atoms with van der Waals surface area (Å²) in [5, 5.41) is 16.1. The van der Waals surface area contributed by atoms with E-state index >= 15 is 0 Å². The van der Waals surface area contributed by atoms with Crippen molar-refractivity contribution in [2.24, 2.45) is 5.41 Å². The van der Waals surface area contributed by atoms with Crippen molar-refractivity contribution in [3.8, 4) is 10.4 Å². The summed E-state index contributed by atoms with van der Waals surface area (Å²) in [5.41, 5.74) is 4.07. The summed E-state index contributed by atoms with van der Waals surface area (Å²) in [6, 6.07) is 6.08. The molecule has 3 rings (SSSR count). The van der Waals surface area contributed by atoms with Crippen LogP contribution in [0.1, 0.15) is 58.2 Å². The molecule has 1 fully saturated rings. The number of nitrogens with one attached hydrogen (secondary N) is 2. The van der Waals surface area contributed by atoms with Gasteiger partial charge in [-0.25, -0.2) is 4.98 Å². The second-order valence-electron chi connectivity index (χ2n) is 12.0. The van der Waals surface area contributed by atoms with Crippen molar-refractivity contribution in [3.63, 3.8) is 0 Å². The minimum atomic E-state index is -0.917. The van der Waals surface area contributed by atoms with E-state index < -0.39 is 29.5 Å². The summed E-state index contributed by atoms with van der Waals surface area (Å²) in [6.45, 7) is 10.7. The summed E-state index contributed by atoms with van der Waals surface area (Å²) in [5.74, 6) is -1.48. The number of carbonyl (C=O) groups excluding carboxylic acids is 4. The van der Waals surface area contributed by atoms with Crippen LogP contribution >= 0.6 is 11.3 Å². The summed E-state index contributed by atoms with van der Waals surface area (Å²) < 4.78 is 15.6. The average Bonchev–Trinajstić information content (AvgIpc) is 3.60. The molecule has 2 heterocycles. The Bertz CT molecular complexity index is 1280. The SMILES string of the molecule is CCOC(=O)CCOCCOCCC(=O)N[C@H](C(=O)N1C[C@H](O)C[C@H]1C(=O)NCc1ccc(-c2scnc2C)cc1)C(C)(C)C. The molecule has 248 valence electrons. The van der Waals surface area contributed by atoms with Gasteiger partial charge in [-0.3, -0.25) is 19.2 Å². The Morgan fingerprint density at radius 1 is 1.07 bits per heavy atom. The second kappa shape index (κ2) is 17.3. The first-order valence-corrected chi connectivity index (χ1v) is 16.1. The second-order valence-corrected chi connectivity index (χ2v) is 12.8. The number of nitrogens with zero attached hydrogens (tertiary/aromatic N) is 2. The van der Waals surface area contributed by atoms with Crippen LogP contribution in [0.15, 0.2) is 29.8 Å². The van der Waals surface area contributed by atoms with Gasteiger partial charge < -0.3 is 34.9 Å². The number of ether oxygens (including phenoxy) is 3. The highest BCUT2D eigenvalue weighted by atomic mass is 32.1. The average molecular weight is 647 g/mol. The molecule has 3 amide bonds. The zero-order valence-electron chi connectivity index (χ0n) is 26.8. The molecule has 1 aliphatic rings. The van der Waals surface area contributed by atoms with Crippen molar-refractivity contribution in [2.75, 3.05) is 39.6 Å². The molecule has 0 bridgehead atoms. The maximum atomic E-state index is 13.7. The molecule has 0 radical (unpaired) electrons. The van der Waals surface area contributed by atoms with E-state index in [0.717, 1.165) is 21.7 Å². The molecule has 0 aliphatic carbocycles. The lowest BCUT2D eigenvalue weighted by Gasteiger charge is -2.35. The number of amides is 3. The summed E-state index contributed by atoms with van der Waals surface area (Å²) >= 11 is 1.57. The molecule has 0 saturated carbocycles. The molecule has 13 heteroatoms. The number of aryl methyl sites for hydroxylation is 1. The van der Waals surface area contributed by atoms with Crippen LogP contribution in [0.2, 0.25) is 0 Å². The van der Waals surface area contributed by atoms with Crippen LogP contribution < -0.4 is 10.6 Å². The molecule has 45 heavy (non-hydrogen) atoms. The number of aliphatic hydroxyl groups is 1. The van der Waals surface area contributed by atoms with Gasteiger partial charge in [0.2, 0.25) is 17.7 Å². The largest absolute Gasteiger partial charge is 0.466 e. The lowest BCUT2D eigenvalue weighted by atomic mass is 9.85. The predicted molar refractivity (Wildman–Crippen MR) is 169 cm³/mol. The van der Waals surface area contributed by atoms with Crippen LogP contribution in [0.3, 0.4) is 0 Å². The predicted octanol–water partition coefficient (Wildman–Crippen LogP) is 2.60. The number of hydrogen-bond donors (Lipinski definition) is 3. The third kappa shape index (κ3) is 11.2. The van der Waals surface area contributed by atoms with Crippen molar-refractivity contribution in [3.05, 3.63) is 41.0 Å². The zero-order valence-corrected chi connectivity index (χ0v) is 27.6. The highest BCUT2D eigenvalue weighted by Crippen LogP contribution is 2.28. The van der Waals surface area contributed by atoms with E-state index in [4.69, 9.17) is 14.2 Å². The van der Waals surface area contributed by atoms with E-state index in [2.05, 4.69) is 15.6 Å².